The van der Waals surface area contributed by atoms with E-state index in [1.807, 2.05) is 12.1 Å². The van der Waals surface area contributed by atoms with E-state index in [9.17, 15) is 9.59 Å². The van der Waals surface area contributed by atoms with E-state index in [1.165, 1.54) is 0 Å². The zero-order chi connectivity index (χ0) is 10.8. The summed E-state index contributed by atoms with van der Waals surface area (Å²) in [6, 6.07) is 6.23. The van der Waals surface area contributed by atoms with Gasteiger partial charge in [0.1, 0.15) is 6.04 Å². The predicted molar refractivity (Wildman–Crippen MR) is 53.7 cm³/mol. The van der Waals surface area contributed by atoms with Crippen molar-refractivity contribution in [1.29, 1.82) is 0 Å². The summed E-state index contributed by atoms with van der Waals surface area (Å²) in [5.74, 6) is -0.319. The van der Waals surface area contributed by atoms with Crippen LogP contribution in [0.25, 0.3) is 0 Å². The molecule has 0 saturated carbocycles. The second-order valence-electron chi connectivity index (χ2n) is 3.34. The monoisotopic (exact) mass is 205 g/mol. The van der Waals surface area contributed by atoms with Crippen LogP contribution < -0.4 is 16.4 Å². The summed E-state index contributed by atoms with van der Waals surface area (Å²) in [7, 11) is 0. The Labute approximate surface area is 86.6 Å². The van der Waals surface area contributed by atoms with Crippen LogP contribution in [0.5, 0.6) is 0 Å². The van der Waals surface area contributed by atoms with Crippen LogP contribution in [-0.4, -0.2) is 11.9 Å². The lowest BCUT2D eigenvalue weighted by Crippen LogP contribution is -2.22. The lowest BCUT2D eigenvalue weighted by atomic mass is 10.1. The fourth-order valence-corrected chi connectivity index (χ4v) is 1.50. The average Bonchev–Trinajstić information content (AvgIpc) is 2.58. The van der Waals surface area contributed by atoms with Gasteiger partial charge in [-0.15, -0.1) is 0 Å². The molecule has 0 bridgehead atoms. The van der Waals surface area contributed by atoms with Gasteiger partial charge in [0.05, 0.1) is 0 Å². The van der Waals surface area contributed by atoms with Crippen LogP contribution in [0.1, 0.15) is 17.2 Å². The predicted octanol–water partition coefficient (Wildman–Crippen LogP) is 0.0258. The molecule has 1 aliphatic rings. The molecule has 5 heteroatoms. The van der Waals surface area contributed by atoms with Gasteiger partial charge in [0.2, 0.25) is 0 Å². The summed E-state index contributed by atoms with van der Waals surface area (Å²) in [6.07, 6.45) is 0. The number of hydrogen-bond donors (Lipinski definition) is 3. The number of rotatable bonds is 2. The van der Waals surface area contributed by atoms with Crippen molar-refractivity contribution in [3.05, 3.63) is 35.4 Å². The quantitative estimate of drug-likeness (QED) is 0.595. The first-order valence-corrected chi connectivity index (χ1v) is 4.61. The first-order valence-electron chi connectivity index (χ1n) is 4.61. The Morgan fingerprint density at radius 1 is 1.20 bits per heavy atom. The molecule has 2 rings (SSSR count). The number of hydrogen-bond acceptors (Lipinski definition) is 3. The van der Waals surface area contributed by atoms with Gasteiger partial charge in [-0.3, -0.25) is 10.1 Å². The highest BCUT2D eigenvalue weighted by atomic mass is 16.2. The van der Waals surface area contributed by atoms with Crippen molar-refractivity contribution in [1.82, 2.24) is 10.6 Å². The number of nitrogens with one attached hydrogen (secondary N) is 2. The van der Waals surface area contributed by atoms with Gasteiger partial charge in [-0.1, -0.05) is 24.3 Å². The molecule has 4 N–H and O–H groups in total. The van der Waals surface area contributed by atoms with Crippen LogP contribution in [0.4, 0.5) is 4.79 Å². The molecule has 1 saturated heterocycles. The zero-order valence-corrected chi connectivity index (χ0v) is 7.99. The minimum absolute atomic E-state index is 0.319. The van der Waals surface area contributed by atoms with Crippen LogP contribution in [0.2, 0.25) is 0 Å². The van der Waals surface area contributed by atoms with Crippen molar-refractivity contribution in [3.8, 4) is 0 Å². The van der Waals surface area contributed by atoms with Gasteiger partial charge in [-0.2, -0.15) is 0 Å². The highest BCUT2D eigenvalue weighted by Crippen LogP contribution is 2.16. The maximum absolute atomic E-state index is 11.3. The minimum Gasteiger partial charge on any atom is -0.326 e. The van der Waals surface area contributed by atoms with E-state index in [0.29, 0.717) is 6.54 Å². The van der Waals surface area contributed by atoms with Crippen molar-refractivity contribution in [2.24, 2.45) is 5.73 Å². The Hall–Kier alpha value is -1.88. The molecule has 1 aromatic carbocycles. The second kappa shape index (κ2) is 3.70. The zero-order valence-electron chi connectivity index (χ0n) is 7.99. The van der Waals surface area contributed by atoms with Gasteiger partial charge in [0.15, 0.2) is 0 Å². The molecule has 1 fully saturated rings. The van der Waals surface area contributed by atoms with E-state index >= 15 is 0 Å². The van der Waals surface area contributed by atoms with E-state index in [-0.39, 0.29) is 5.91 Å². The van der Waals surface area contributed by atoms with Crippen LogP contribution in [-0.2, 0) is 11.3 Å². The standard InChI is InChI=1S/C10H11N3O2/c11-5-6-1-3-7(4-2-6)8-9(14)13-10(15)12-8/h1-4,8H,5,11H2,(H2,12,13,14,15). The first-order chi connectivity index (χ1) is 7.20. The lowest BCUT2D eigenvalue weighted by molar-refractivity contribution is -0.120. The summed E-state index contributed by atoms with van der Waals surface area (Å²) >= 11 is 0. The van der Waals surface area contributed by atoms with E-state index in [2.05, 4.69) is 10.6 Å². The van der Waals surface area contributed by atoms with E-state index in [1.54, 1.807) is 12.1 Å². The molecule has 0 spiro atoms. The summed E-state index contributed by atoms with van der Waals surface area (Å²) in [5.41, 5.74) is 7.20. The van der Waals surface area contributed by atoms with Crippen LogP contribution in [0.15, 0.2) is 24.3 Å². The highest BCUT2D eigenvalue weighted by Gasteiger charge is 2.30. The molecule has 1 unspecified atom stereocenters. The Kier molecular flexibility index (Phi) is 2.39. The maximum Gasteiger partial charge on any atom is 0.322 e. The molecule has 0 radical (unpaired) electrons. The summed E-state index contributed by atoms with van der Waals surface area (Å²) in [6.45, 7) is 0.462. The van der Waals surface area contributed by atoms with E-state index in [0.717, 1.165) is 11.1 Å². The molecule has 0 aliphatic carbocycles. The molecule has 1 heterocycles. The summed E-state index contributed by atoms with van der Waals surface area (Å²) in [4.78, 5) is 22.2. The van der Waals surface area contributed by atoms with Gasteiger partial charge in [-0.05, 0) is 11.1 Å². The summed E-state index contributed by atoms with van der Waals surface area (Å²) in [5, 5.41) is 4.71. The van der Waals surface area contributed by atoms with Gasteiger partial charge < -0.3 is 11.1 Å². The molecule has 78 valence electrons. The van der Waals surface area contributed by atoms with Gasteiger partial charge in [0, 0.05) is 6.54 Å². The molecular formula is C10H11N3O2. The number of benzene rings is 1. The average molecular weight is 205 g/mol. The summed E-state index contributed by atoms with van der Waals surface area (Å²) < 4.78 is 0. The third-order valence-corrected chi connectivity index (χ3v) is 2.32. The second-order valence-corrected chi connectivity index (χ2v) is 3.34. The fraction of sp³-hybridized carbons (Fsp3) is 0.200. The number of carbonyl (C=O) groups excluding carboxylic acids is 2. The van der Waals surface area contributed by atoms with Crippen LogP contribution in [0.3, 0.4) is 0 Å². The SMILES string of the molecule is NCc1ccc(C2NC(=O)NC2=O)cc1. The number of nitrogens with two attached hydrogens (primary N) is 1. The molecule has 1 atom stereocenters. The smallest absolute Gasteiger partial charge is 0.322 e. The normalized spacial score (nSPS) is 19.9. The molecule has 3 amide bonds. The van der Waals surface area contributed by atoms with E-state index < -0.39 is 12.1 Å². The first kappa shape index (κ1) is 9.67. The number of imide groups is 1. The van der Waals surface area contributed by atoms with Crippen molar-refractivity contribution in [2.45, 2.75) is 12.6 Å². The Balaban J connectivity index is 2.22. The van der Waals surface area contributed by atoms with E-state index in [4.69, 9.17) is 5.73 Å². The third-order valence-electron chi connectivity index (χ3n) is 2.32. The van der Waals surface area contributed by atoms with Crippen molar-refractivity contribution < 1.29 is 9.59 Å². The maximum atomic E-state index is 11.3. The van der Waals surface area contributed by atoms with Crippen molar-refractivity contribution in [2.75, 3.05) is 0 Å². The largest absolute Gasteiger partial charge is 0.326 e. The topological polar surface area (TPSA) is 84.2 Å². The van der Waals surface area contributed by atoms with Crippen LogP contribution >= 0.6 is 0 Å². The molecule has 1 aromatic rings. The number of carbonyl (C=O) groups is 2. The Morgan fingerprint density at radius 2 is 1.87 bits per heavy atom. The van der Waals surface area contributed by atoms with Crippen molar-refractivity contribution in [3.63, 3.8) is 0 Å². The molecule has 0 aromatic heterocycles. The Morgan fingerprint density at radius 3 is 2.33 bits per heavy atom. The third kappa shape index (κ3) is 1.82. The fourth-order valence-electron chi connectivity index (χ4n) is 1.50. The van der Waals surface area contributed by atoms with Gasteiger partial charge in [-0.25, -0.2) is 4.79 Å². The van der Waals surface area contributed by atoms with Gasteiger partial charge >= 0.3 is 6.03 Å². The number of amides is 3. The van der Waals surface area contributed by atoms with Gasteiger partial charge in [0.25, 0.3) is 5.91 Å². The van der Waals surface area contributed by atoms with Crippen LogP contribution in [0, 0.1) is 0 Å². The molecule has 5 nitrogen and oxygen atoms in total. The van der Waals surface area contributed by atoms with Crippen molar-refractivity contribution >= 4 is 11.9 Å². The molecular weight excluding hydrogens is 194 g/mol. The highest BCUT2D eigenvalue weighted by molar-refractivity contribution is 6.04. The molecule has 15 heavy (non-hydrogen) atoms. The lowest BCUT2D eigenvalue weighted by Gasteiger charge is -2.07. The molecule has 1 aliphatic heterocycles. The minimum atomic E-state index is -0.579. The Bertz CT molecular complexity index is 400. The number of urea groups is 1.